The predicted molar refractivity (Wildman–Crippen MR) is 55.1 cm³/mol. The molecule has 1 atom stereocenters. The van der Waals surface area contributed by atoms with E-state index in [0.717, 1.165) is 5.70 Å². The first kappa shape index (κ1) is 9.49. The van der Waals surface area contributed by atoms with Gasteiger partial charge in [0.1, 0.15) is 24.5 Å². The van der Waals surface area contributed by atoms with Crippen LogP contribution in [0.5, 0.6) is 0 Å². The molecule has 0 saturated carbocycles. The molecule has 1 aliphatic carbocycles. The maximum absolute atomic E-state index is 5.76. The minimum atomic E-state index is -0.396. The molecule has 76 valence electrons. The maximum atomic E-state index is 5.76. The Balaban J connectivity index is 2.39. The lowest BCUT2D eigenvalue weighted by molar-refractivity contribution is 0.276. The SMILES string of the molecule is COC1=CC(n2cncn2)=CC#CC1N. The fourth-order valence-electron chi connectivity index (χ4n) is 1.21. The van der Waals surface area contributed by atoms with E-state index in [-0.39, 0.29) is 0 Å². The normalized spacial score (nSPS) is 19.5. The maximum Gasteiger partial charge on any atom is 0.138 e. The Hall–Kier alpha value is -2.06. The molecule has 1 aliphatic rings. The van der Waals surface area contributed by atoms with Crippen LogP contribution in [0.15, 0.2) is 30.6 Å². The number of aromatic nitrogens is 3. The third kappa shape index (κ3) is 1.90. The topological polar surface area (TPSA) is 66.0 Å². The van der Waals surface area contributed by atoms with Gasteiger partial charge in [0.2, 0.25) is 0 Å². The highest BCUT2D eigenvalue weighted by atomic mass is 16.5. The molecule has 0 spiro atoms. The van der Waals surface area contributed by atoms with Crippen LogP contribution in [0.4, 0.5) is 0 Å². The zero-order chi connectivity index (χ0) is 10.7. The van der Waals surface area contributed by atoms with Crippen molar-refractivity contribution in [3.05, 3.63) is 30.6 Å². The summed E-state index contributed by atoms with van der Waals surface area (Å²) in [6.45, 7) is 0. The molecule has 0 aromatic carbocycles. The lowest BCUT2D eigenvalue weighted by Crippen LogP contribution is -2.21. The summed E-state index contributed by atoms with van der Waals surface area (Å²) in [5.74, 6) is 6.29. The Bertz CT molecular complexity index is 461. The summed E-state index contributed by atoms with van der Waals surface area (Å²) in [5.41, 5.74) is 6.54. The van der Waals surface area contributed by atoms with Crippen molar-refractivity contribution in [1.29, 1.82) is 0 Å². The molecular formula is C10H10N4O. The van der Waals surface area contributed by atoms with Crippen molar-refractivity contribution in [3.63, 3.8) is 0 Å². The van der Waals surface area contributed by atoms with E-state index in [1.807, 2.05) is 0 Å². The summed E-state index contributed by atoms with van der Waals surface area (Å²) in [6.07, 6.45) is 6.56. The molecule has 1 heterocycles. The fourth-order valence-corrected chi connectivity index (χ4v) is 1.21. The van der Waals surface area contributed by atoms with Gasteiger partial charge >= 0.3 is 0 Å². The standard InChI is InChI=1S/C10H10N4O/c1-15-10-5-8(3-2-4-9(10)11)14-7-12-6-13-14/h3,5-7,9H,11H2,1H3. The van der Waals surface area contributed by atoms with Crippen molar-refractivity contribution in [1.82, 2.24) is 14.8 Å². The quantitative estimate of drug-likeness (QED) is 0.685. The second-order valence-corrected chi connectivity index (χ2v) is 2.93. The zero-order valence-electron chi connectivity index (χ0n) is 8.21. The van der Waals surface area contributed by atoms with Gasteiger partial charge in [-0.25, -0.2) is 9.67 Å². The van der Waals surface area contributed by atoms with Gasteiger partial charge < -0.3 is 10.5 Å². The molecule has 0 bridgehead atoms. The molecule has 0 fully saturated rings. The van der Waals surface area contributed by atoms with Gasteiger partial charge in [0, 0.05) is 12.2 Å². The number of methoxy groups -OCH3 is 1. The summed E-state index contributed by atoms with van der Waals surface area (Å²) >= 11 is 0. The second kappa shape index (κ2) is 3.98. The number of hydrogen-bond donors (Lipinski definition) is 1. The Kier molecular flexibility index (Phi) is 2.52. The van der Waals surface area contributed by atoms with Crippen molar-refractivity contribution in [2.24, 2.45) is 5.73 Å². The van der Waals surface area contributed by atoms with E-state index in [9.17, 15) is 0 Å². The first-order chi connectivity index (χ1) is 7.31. The molecule has 1 aromatic heterocycles. The molecular weight excluding hydrogens is 192 g/mol. The van der Waals surface area contributed by atoms with Crippen LogP contribution in [0.3, 0.4) is 0 Å². The highest BCUT2D eigenvalue weighted by molar-refractivity contribution is 5.62. The van der Waals surface area contributed by atoms with Crippen LogP contribution in [-0.2, 0) is 4.74 Å². The van der Waals surface area contributed by atoms with Crippen LogP contribution in [0.2, 0.25) is 0 Å². The lowest BCUT2D eigenvalue weighted by Gasteiger charge is -2.08. The Morgan fingerprint density at radius 1 is 1.60 bits per heavy atom. The summed E-state index contributed by atoms with van der Waals surface area (Å²) in [6, 6.07) is -0.396. The molecule has 1 unspecified atom stereocenters. The van der Waals surface area contributed by atoms with E-state index < -0.39 is 6.04 Å². The predicted octanol–water partition coefficient (Wildman–Crippen LogP) is -0.00640. The molecule has 5 nitrogen and oxygen atoms in total. The van der Waals surface area contributed by atoms with Crippen molar-refractivity contribution < 1.29 is 4.74 Å². The van der Waals surface area contributed by atoms with Crippen LogP contribution in [-0.4, -0.2) is 27.9 Å². The number of allylic oxidation sites excluding steroid dienone is 3. The summed E-state index contributed by atoms with van der Waals surface area (Å²) in [7, 11) is 1.57. The van der Waals surface area contributed by atoms with Crippen molar-refractivity contribution >= 4 is 5.70 Å². The van der Waals surface area contributed by atoms with Crippen LogP contribution < -0.4 is 5.73 Å². The van der Waals surface area contributed by atoms with Crippen molar-refractivity contribution in [2.45, 2.75) is 6.04 Å². The third-order valence-electron chi connectivity index (χ3n) is 1.97. The monoisotopic (exact) mass is 202 g/mol. The van der Waals surface area contributed by atoms with Gasteiger partial charge in [-0.15, -0.1) is 0 Å². The Morgan fingerprint density at radius 3 is 3.13 bits per heavy atom. The Morgan fingerprint density at radius 2 is 2.47 bits per heavy atom. The first-order valence-corrected chi connectivity index (χ1v) is 4.38. The molecule has 0 saturated heterocycles. The summed E-state index contributed by atoms with van der Waals surface area (Å²) in [5, 5.41) is 4.00. The van der Waals surface area contributed by atoms with E-state index >= 15 is 0 Å². The molecule has 0 aliphatic heterocycles. The molecule has 1 aromatic rings. The zero-order valence-corrected chi connectivity index (χ0v) is 8.21. The van der Waals surface area contributed by atoms with E-state index in [1.165, 1.54) is 6.33 Å². The smallest absolute Gasteiger partial charge is 0.138 e. The third-order valence-corrected chi connectivity index (χ3v) is 1.97. The second-order valence-electron chi connectivity index (χ2n) is 2.93. The van der Waals surface area contributed by atoms with Gasteiger partial charge in [-0.3, -0.25) is 0 Å². The summed E-state index contributed by atoms with van der Waals surface area (Å²) < 4.78 is 6.75. The van der Waals surface area contributed by atoms with Gasteiger partial charge in [-0.05, 0) is 0 Å². The number of rotatable bonds is 2. The average Bonchev–Trinajstić information content (AvgIpc) is 2.70. The van der Waals surface area contributed by atoms with Gasteiger partial charge in [-0.2, -0.15) is 5.10 Å². The van der Waals surface area contributed by atoms with Gasteiger partial charge in [0.05, 0.1) is 12.8 Å². The molecule has 15 heavy (non-hydrogen) atoms. The van der Waals surface area contributed by atoms with Crippen LogP contribution in [0, 0.1) is 11.8 Å². The molecule has 0 amide bonds. The van der Waals surface area contributed by atoms with Gasteiger partial charge in [0.25, 0.3) is 0 Å². The number of hydrogen-bond acceptors (Lipinski definition) is 4. The number of ether oxygens (including phenoxy) is 1. The average molecular weight is 202 g/mol. The fraction of sp³-hybridized carbons (Fsp3) is 0.200. The van der Waals surface area contributed by atoms with Crippen LogP contribution >= 0.6 is 0 Å². The molecule has 2 N–H and O–H groups in total. The highest BCUT2D eigenvalue weighted by Gasteiger charge is 2.10. The molecule has 2 rings (SSSR count). The highest BCUT2D eigenvalue weighted by Crippen LogP contribution is 2.12. The largest absolute Gasteiger partial charge is 0.498 e. The van der Waals surface area contributed by atoms with Crippen molar-refractivity contribution in [3.8, 4) is 11.8 Å². The number of nitrogens with two attached hydrogens (primary N) is 1. The molecule has 5 heteroatoms. The van der Waals surface area contributed by atoms with Gasteiger partial charge in [-0.1, -0.05) is 11.8 Å². The lowest BCUT2D eigenvalue weighted by atomic mass is 10.2. The van der Waals surface area contributed by atoms with Crippen LogP contribution in [0.1, 0.15) is 0 Å². The summed E-state index contributed by atoms with van der Waals surface area (Å²) in [4.78, 5) is 3.86. The van der Waals surface area contributed by atoms with Crippen LogP contribution in [0.25, 0.3) is 5.70 Å². The van der Waals surface area contributed by atoms with E-state index in [4.69, 9.17) is 10.5 Å². The first-order valence-electron chi connectivity index (χ1n) is 4.38. The van der Waals surface area contributed by atoms with E-state index in [0.29, 0.717) is 5.76 Å². The van der Waals surface area contributed by atoms with Gasteiger partial charge in [0.15, 0.2) is 0 Å². The van der Waals surface area contributed by atoms with E-state index in [2.05, 4.69) is 21.9 Å². The Labute approximate surface area is 87.2 Å². The minimum absolute atomic E-state index is 0.396. The minimum Gasteiger partial charge on any atom is -0.498 e. The van der Waals surface area contributed by atoms with Crippen molar-refractivity contribution in [2.75, 3.05) is 7.11 Å². The molecule has 0 radical (unpaired) electrons. The number of nitrogens with zero attached hydrogens (tertiary/aromatic N) is 3. The van der Waals surface area contributed by atoms with E-state index in [1.54, 1.807) is 30.3 Å².